The molecule has 3 rings (SSSR count). The largest absolute Gasteiger partial charge is 0.503 e. The third kappa shape index (κ3) is 5.20. The van der Waals surface area contributed by atoms with Gasteiger partial charge in [-0.2, -0.15) is 0 Å². The minimum atomic E-state index is -0.577. The molecule has 0 bridgehead atoms. The summed E-state index contributed by atoms with van der Waals surface area (Å²) in [5.41, 5.74) is 0.993. The molecule has 8 nitrogen and oxygen atoms in total. The molecule has 2 N–H and O–H groups in total. The zero-order valence-electron chi connectivity index (χ0n) is 16.7. The average Bonchev–Trinajstić information content (AvgIpc) is 2.99. The van der Waals surface area contributed by atoms with Gasteiger partial charge in [0.25, 0.3) is 11.1 Å². The molecule has 0 aromatic heterocycles. The minimum absolute atomic E-state index is 0.0554. The number of methoxy groups -OCH3 is 1. The van der Waals surface area contributed by atoms with Crippen molar-refractivity contribution in [3.05, 3.63) is 51.3 Å². The lowest BCUT2D eigenvalue weighted by atomic mass is 10.2. The first-order valence-corrected chi connectivity index (χ1v) is 10.8. The SMILES string of the molecule is CCOc1cc(/C=C2/SC(=O)N(CC(=O)Nc3ccccc3OC)C2=O)cc(Br)c1O. The van der Waals surface area contributed by atoms with Gasteiger partial charge in [0.2, 0.25) is 5.91 Å². The number of carbonyl (C=O) groups excluding carboxylic acids is 3. The molecule has 31 heavy (non-hydrogen) atoms. The van der Waals surface area contributed by atoms with Crippen molar-refractivity contribution in [1.82, 2.24) is 4.90 Å². The van der Waals surface area contributed by atoms with Gasteiger partial charge in [-0.15, -0.1) is 0 Å². The molecule has 0 spiro atoms. The Balaban J connectivity index is 1.76. The second-order valence-electron chi connectivity index (χ2n) is 6.30. The van der Waals surface area contributed by atoms with E-state index in [-0.39, 0.29) is 16.4 Å². The number of nitrogens with one attached hydrogen (secondary N) is 1. The summed E-state index contributed by atoms with van der Waals surface area (Å²) in [6.07, 6.45) is 1.51. The van der Waals surface area contributed by atoms with Crippen LogP contribution in [0.15, 0.2) is 45.8 Å². The fourth-order valence-corrected chi connectivity index (χ4v) is 4.11. The molecule has 1 saturated heterocycles. The number of para-hydroxylation sites is 2. The topological polar surface area (TPSA) is 105 Å². The van der Waals surface area contributed by atoms with E-state index in [0.29, 0.717) is 28.1 Å². The Morgan fingerprint density at radius 2 is 2.00 bits per heavy atom. The number of thioether (sulfide) groups is 1. The first kappa shape index (κ1) is 22.7. The van der Waals surface area contributed by atoms with Gasteiger partial charge in [-0.1, -0.05) is 12.1 Å². The molecule has 0 radical (unpaired) electrons. The molecule has 0 unspecified atom stereocenters. The number of anilines is 1. The number of phenolic OH excluding ortho intramolecular Hbond substituents is 1. The molecule has 0 saturated carbocycles. The van der Waals surface area contributed by atoms with Gasteiger partial charge in [-0.05, 0) is 70.5 Å². The molecule has 1 fully saturated rings. The molecule has 2 aromatic rings. The van der Waals surface area contributed by atoms with Crippen LogP contribution >= 0.6 is 27.7 Å². The second kappa shape index (κ2) is 9.88. The van der Waals surface area contributed by atoms with E-state index in [2.05, 4.69) is 21.2 Å². The van der Waals surface area contributed by atoms with Gasteiger partial charge >= 0.3 is 0 Å². The molecule has 3 amide bonds. The number of imide groups is 1. The number of benzene rings is 2. The average molecular weight is 507 g/mol. The highest BCUT2D eigenvalue weighted by Gasteiger charge is 2.36. The van der Waals surface area contributed by atoms with Gasteiger partial charge in [0.1, 0.15) is 12.3 Å². The van der Waals surface area contributed by atoms with E-state index < -0.39 is 23.6 Å². The third-order valence-electron chi connectivity index (χ3n) is 4.20. The highest BCUT2D eigenvalue weighted by atomic mass is 79.9. The van der Waals surface area contributed by atoms with Crippen molar-refractivity contribution in [1.29, 1.82) is 0 Å². The molecule has 1 aliphatic rings. The fourth-order valence-electron chi connectivity index (χ4n) is 2.81. The first-order chi connectivity index (χ1) is 14.8. The Kier molecular flexibility index (Phi) is 7.24. The van der Waals surface area contributed by atoms with Crippen molar-refractivity contribution in [2.75, 3.05) is 25.6 Å². The zero-order chi connectivity index (χ0) is 22.5. The lowest BCUT2D eigenvalue weighted by molar-refractivity contribution is -0.127. The number of aromatic hydroxyl groups is 1. The molecule has 2 aromatic carbocycles. The third-order valence-corrected chi connectivity index (χ3v) is 5.72. The molecular formula is C21H19BrN2O6S. The molecule has 0 aliphatic carbocycles. The van der Waals surface area contributed by atoms with Crippen molar-refractivity contribution < 1.29 is 29.0 Å². The summed E-state index contributed by atoms with van der Waals surface area (Å²) in [6, 6.07) is 9.99. The normalized spacial score (nSPS) is 14.8. The zero-order valence-corrected chi connectivity index (χ0v) is 19.1. The molecule has 162 valence electrons. The summed E-state index contributed by atoms with van der Waals surface area (Å²) in [5, 5.41) is 12.1. The summed E-state index contributed by atoms with van der Waals surface area (Å²) in [4.78, 5) is 38.5. The number of hydrogen-bond donors (Lipinski definition) is 2. The van der Waals surface area contributed by atoms with Gasteiger partial charge in [0.05, 0.1) is 28.8 Å². The maximum Gasteiger partial charge on any atom is 0.294 e. The fraction of sp³-hybridized carbons (Fsp3) is 0.190. The van der Waals surface area contributed by atoms with E-state index in [9.17, 15) is 19.5 Å². The maximum atomic E-state index is 12.7. The summed E-state index contributed by atoms with van der Waals surface area (Å²) in [5.74, 6) is -0.446. The van der Waals surface area contributed by atoms with Crippen molar-refractivity contribution in [3.63, 3.8) is 0 Å². The van der Waals surface area contributed by atoms with E-state index in [0.717, 1.165) is 16.7 Å². The molecule has 0 atom stereocenters. The van der Waals surface area contributed by atoms with E-state index >= 15 is 0 Å². The van der Waals surface area contributed by atoms with Gasteiger partial charge < -0.3 is 19.9 Å². The maximum absolute atomic E-state index is 12.7. The van der Waals surface area contributed by atoms with Gasteiger partial charge in [0.15, 0.2) is 11.5 Å². The van der Waals surface area contributed by atoms with E-state index in [1.165, 1.54) is 13.2 Å². The standard InChI is InChI=1S/C21H19BrN2O6S/c1-3-30-16-9-12(8-13(22)19(16)26)10-17-20(27)24(21(28)31-17)11-18(25)23-14-6-4-5-7-15(14)29-2/h4-10,26H,3,11H2,1-2H3,(H,23,25)/b17-10+. The van der Waals surface area contributed by atoms with Gasteiger partial charge in [-0.3, -0.25) is 19.3 Å². The number of amides is 3. The monoisotopic (exact) mass is 506 g/mol. The first-order valence-electron chi connectivity index (χ1n) is 9.17. The van der Waals surface area contributed by atoms with Crippen molar-refractivity contribution >= 4 is 56.5 Å². The van der Waals surface area contributed by atoms with Gasteiger partial charge in [0, 0.05) is 0 Å². The summed E-state index contributed by atoms with van der Waals surface area (Å²) in [7, 11) is 1.48. The van der Waals surface area contributed by atoms with Gasteiger partial charge in [-0.25, -0.2) is 0 Å². The number of carbonyl (C=O) groups is 3. The van der Waals surface area contributed by atoms with Crippen LogP contribution in [0, 0.1) is 0 Å². The number of rotatable bonds is 7. The number of hydrogen-bond acceptors (Lipinski definition) is 7. The summed E-state index contributed by atoms with van der Waals surface area (Å²) >= 11 is 3.98. The highest BCUT2D eigenvalue weighted by molar-refractivity contribution is 9.10. The van der Waals surface area contributed by atoms with Crippen LogP contribution in [-0.2, 0) is 9.59 Å². The lowest BCUT2D eigenvalue weighted by Gasteiger charge is -2.14. The molecule has 10 heteroatoms. The van der Waals surface area contributed by atoms with E-state index in [1.807, 2.05) is 0 Å². The Bertz CT molecular complexity index is 1070. The predicted octanol–water partition coefficient (Wildman–Crippen LogP) is 4.24. The van der Waals surface area contributed by atoms with Crippen molar-refractivity contribution in [3.8, 4) is 17.2 Å². The van der Waals surface area contributed by atoms with Crippen LogP contribution in [-0.4, -0.2) is 47.3 Å². The van der Waals surface area contributed by atoms with E-state index in [4.69, 9.17) is 9.47 Å². The van der Waals surface area contributed by atoms with Crippen molar-refractivity contribution in [2.45, 2.75) is 6.92 Å². The second-order valence-corrected chi connectivity index (χ2v) is 8.15. The Morgan fingerprint density at radius 1 is 1.26 bits per heavy atom. The van der Waals surface area contributed by atoms with Crippen LogP contribution in [0.5, 0.6) is 17.2 Å². The number of phenols is 1. The Labute approximate surface area is 191 Å². The summed E-state index contributed by atoms with van der Waals surface area (Å²) < 4.78 is 10.9. The molecular weight excluding hydrogens is 488 g/mol. The molecule has 1 heterocycles. The Hall–Kier alpha value is -2.98. The minimum Gasteiger partial charge on any atom is -0.503 e. The summed E-state index contributed by atoms with van der Waals surface area (Å²) in [6.45, 7) is 1.70. The van der Waals surface area contributed by atoms with Crippen molar-refractivity contribution in [2.24, 2.45) is 0 Å². The van der Waals surface area contributed by atoms with Crippen LogP contribution in [0.3, 0.4) is 0 Å². The van der Waals surface area contributed by atoms with Crippen LogP contribution in [0.1, 0.15) is 12.5 Å². The smallest absolute Gasteiger partial charge is 0.294 e. The number of nitrogens with zero attached hydrogens (tertiary/aromatic N) is 1. The van der Waals surface area contributed by atoms with Crippen LogP contribution in [0.2, 0.25) is 0 Å². The lowest BCUT2D eigenvalue weighted by Crippen LogP contribution is -2.36. The quantitative estimate of drug-likeness (QED) is 0.541. The Morgan fingerprint density at radius 3 is 2.71 bits per heavy atom. The number of halogens is 1. The van der Waals surface area contributed by atoms with Crippen LogP contribution in [0.4, 0.5) is 10.5 Å². The predicted molar refractivity (Wildman–Crippen MR) is 121 cm³/mol. The van der Waals surface area contributed by atoms with Crippen LogP contribution < -0.4 is 14.8 Å². The number of ether oxygens (including phenoxy) is 2. The van der Waals surface area contributed by atoms with E-state index in [1.54, 1.807) is 43.3 Å². The molecule has 1 aliphatic heterocycles. The highest BCUT2D eigenvalue weighted by Crippen LogP contribution is 2.38. The van der Waals surface area contributed by atoms with Crippen LogP contribution in [0.25, 0.3) is 6.08 Å².